The van der Waals surface area contributed by atoms with Crippen LogP contribution in [0.2, 0.25) is 0 Å². The Labute approximate surface area is 121 Å². The molecule has 0 aromatic carbocycles. The minimum Gasteiger partial charge on any atom is -0.373 e. The summed E-state index contributed by atoms with van der Waals surface area (Å²) in [6.07, 6.45) is 0.562. The van der Waals surface area contributed by atoms with Crippen LogP contribution in [0, 0.1) is 0 Å². The van der Waals surface area contributed by atoms with Crippen molar-refractivity contribution in [3.63, 3.8) is 0 Å². The van der Waals surface area contributed by atoms with Crippen LogP contribution in [0.25, 0.3) is 0 Å². The summed E-state index contributed by atoms with van der Waals surface area (Å²) in [6, 6.07) is 2.05. The molecule has 0 radical (unpaired) electrons. The first kappa shape index (κ1) is 15.5. The molecule has 5 heteroatoms. The molecule has 0 amide bonds. The lowest BCUT2D eigenvalue weighted by atomic mass is 10.1. The molecule has 1 aliphatic rings. The standard InChI is InChI=1S/C15H27N3O2/c1-11-8-18(9-12(2)19-11)10-14-6-13(17-20-14)7-16-15(3,4)5/h6,11-12,16H,7-10H2,1-5H3. The Bertz CT molecular complexity index is 415. The maximum absolute atomic E-state index is 5.74. The molecule has 2 heterocycles. The monoisotopic (exact) mass is 281 g/mol. The summed E-state index contributed by atoms with van der Waals surface area (Å²) in [7, 11) is 0. The van der Waals surface area contributed by atoms with Gasteiger partial charge in [-0.05, 0) is 34.6 Å². The van der Waals surface area contributed by atoms with Crippen LogP contribution in [-0.2, 0) is 17.8 Å². The highest BCUT2D eigenvalue weighted by molar-refractivity contribution is 5.05. The summed E-state index contributed by atoms with van der Waals surface area (Å²) in [4.78, 5) is 2.36. The molecule has 20 heavy (non-hydrogen) atoms. The highest BCUT2D eigenvalue weighted by Crippen LogP contribution is 2.15. The van der Waals surface area contributed by atoms with E-state index in [0.717, 1.165) is 37.6 Å². The van der Waals surface area contributed by atoms with Crippen LogP contribution < -0.4 is 5.32 Å². The minimum atomic E-state index is 0.0915. The van der Waals surface area contributed by atoms with E-state index in [1.54, 1.807) is 0 Å². The van der Waals surface area contributed by atoms with Gasteiger partial charge in [-0.2, -0.15) is 0 Å². The summed E-state index contributed by atoms with van der Waals surface area (Å²) in [5.74, 6) is 0.928. The molecule has 2 unspecified atom stereocenters. The number of hydrogen-bond donors (Lipinski definition) is 1. The molecule has 2 atom stereocenters. The Balaban J connectivity index is 1.86. The smallest absolute Gasteiger partial charge is 0.151 e. The molecule has 5 nitrogen and oxygen atoms in total. The van der Waals surface area contributed by atoms with E-state index in [-0.39, 0.29) is 17.7 Å². The molecule has 1 aliphatic heterocycles. The molecular weight excluding hydrogens is 254 g/mol. The fraction of sp³-hybridized carbons (Fsp3) is 0.800. The third-order valence-electron chi connectivity index (χ3n) is 3.28. The van der Waals surface area contributed by atoms with Crippen molar-refractivity contribution in [2.75, 3.05) is 13.1 Å². The summed E-state index contributed by atoms with van der Waals surface area (Å²) in [6.45, 7) is 14.1. The first-order valence-corrected chi connectivity index (χ1v) is 7.39. The topological polar surface area (TPSA) is 50.5 Å². The fourth-order valence-electron chi connectivity index (χ4n) is 2.50. The van der Waals surface area contributed by atoms with Crippen molar-refractivity contribution >= 4 is 0 Å². The number of hydrogen-bond acceptors (Lipinski definition) is 5. The van der Waals surface area contributed by atoms with Gasteiger partial charge in [0.15, 0.2) is 5.76 Å². The third-order valence-corrected chi connectivity index (χ3v) is 3.28. The first-order chi connectivity index (χ1) is 9.32. The molecule has 1 aromatic rings. The van der Waals surface area contributed by atoms with Gasteiger partial charge in [-0.15, -0.1) is 0 Å². The summed E-state index contributed by atoms with van der Waals surface area (Å²) < 4.78 is 11.2. The van der Waals surface area contributed by atoms with Crippen molar-refractivity contribution in [3.05, 3.63) is 17.5 Å². The van der Waals surface area contributed by atoms with Crippen molar-refractivity contribution in [2.45, 2.75) is 65.5 Å². The van der Waals surface area contributed by atoms with E-state index >= 15 is 0 Å². The van der Waals surface area contributed by atoms with Gasteiger partial charge in [0.25, 0.3) is 0 Å². The van der Waals surface area contributed by atoms with Crippen LogP contribution in [-0.4, -0.2) is 40.9 Å². The van der Waals surface area contributed by atoms with Gasteiger partial charge in [-0.3, -0.25) is 4.90 Å². The van der Waals surface area contributed by atoms with Crippen molar-refractivity contribution < 1.29 is 9.26 Å². The predicted molar refractivity (Wildman–Crippen MR) is 78.4 cm³/mol. The van der Waals surface area contributed by atoms with Gasteiger partial charge in [0.1, 0.15) is 0 Å². The molecular formula is C15H27N3O2. The maximum atomic E-state index is 5.74. The van der Waals surface area contributed by atoms with E-state index in [4.69, 9.17) is 9.26 Å². The van der Waals surface area contributed by atoms with E-state index < -0.39 is 0 Å². The second-order valence-electron chi connectivity index (χ2n) is 6.84. The van der Waals surface area contributed by atoms with Gasteiger partial charge in [-0.25, -0.2) is 0 Å². The summed E-state index contributed by atoms with van der Waals surface area (Å²) >= 11 is 0. The lowest BCUT2D eigenvalue weighted by molar-refractivity contribution is -0.0721. The highest BCUT2D eigenvalue weighted by atomic mass is 16.5. The van der Waals surface area contributed by atoms with E-state index in [2.05, 4.69) is 50.0 Å². The normalized spacial score (nSPS) is 25.1. The van der Waals surface area contributed by atoms with E-state index in [1.807, 2.05) is 6.07 Å². The molecule has 1 saturated heterocycles. The average molecular weight is 281 g/mol. The molecule has 1 aromatic heterocycles. The number of rotatable bonds is 4. The zero-order chi connectivity index (χ0) is 14.8. The van der Waals surface area contributed by atoms with Gasteiger partial charge < -0.3 is 14.6 Å². The van der Waals surface area contributed by atoms with Crippen LogP contribution >= 0.6 is 0 Å². The number of morpholine rings is 1. The molecule has 1 fully saturated rings. The quantitative estimate of drug-likeness (QED) is 0.916. The molecule has 0 aliphatic carbocycles. The number of nitrogens with one attached hydrogen (secondary N) is 1. The van der Waals surface area contributed by atoms with Gasteiger partial charge in [0, 0.05) is 31.2 Å². The first-order valence-electron chi connectivity index (χ1n) is 7.39. The summed E-state index contributed by atoms with van der Waals surface area (Å²) in [5.41, 5.74) is 1.05. The molecule has 0 spiro atoms. The molecule has 0 saturated carbocycles. The Morgan fingerprint density at radius 3 is 2.55 bits per heavy atom. The fourth-order valence-corrected chi connectivity index (χ4v) is 2.50. The van der Waals surface area contributed by atoms with Crippen molar-refractivity contribution in [1.82, 2.24) is 15.4 Å². The van der Waals surface area contributed by atoms with Crippen LogP contribution in [0.1, 0.15) is 46.1 Å². The number of ether oxygens (including phenoxy) is 1. The van der Waals surface area contributed by atoms with E-state index in [0.29, 0.717) is 0 Å². The average Bonchev–Trinajstić information content (AvgIpc) is 2.72. The van der Waals surface area contributed by atoms with Crippen molar-refractivity contribution in [1.29, 1.82) is 0 Å². The van der Waals surface area contributed by atoms with Gasteiger partial charge in [0.05, 0.1) is 24.4 Å². The third kappa shape index (κ3) is 4.89. The zero-order valence-electron chi connectivity index (χ0n) is 13.3. The SMILES string of the molecule is CC1CN(Cc2cc(CNC(C)(C)C)no2)CC(C)O1. The number of nitrogens with zero attached hydrogens (tertiary/aromatic N) is 2. The largest absolute Gasteiger partial charge is 0.373 e. The van der Waals surface area contributed by atoms with Crippen LogP contribution in [0.4, 0.5) is 0 Å². The van der Waals surface area contributed by atoms with E-state index in [1.165, 1.54) is 0 Å². The van der Waals surface area contributed by atoms with Crippen LogP contribution in [0.3, 0.4) is 0 Å². The van der Waals surface area contributed by atoms with Crippen LogP contribution in [0.5, 0.6) is 0 Å². The molecule has 114 valence electrons. The van der Waals surface area contributed by atoms with Crippen LogP contribution in [0.15, 0.2) is 10.6 Å². The van der Waals surface area contributed by atoms with E-state index in [9.17, 15) is 0 Å². The lowest BCUT2D eigenvalue weighted by Crippen LogP contribution is -2.44. The van der Waals surface area contributed by atoms with Gasteiger partial charge in [0.2, 0.25) is 0 Å². The number of aromatic nitrogens is 1. The second-order valence-corrected chi connectivity index (χ2v) is 6.84. The Morgan fingerprint density at radius 2 is 1.95 bits per heavy atom. The lowest BCUT2D eigenvalue weighted by Gasteiger charge is -2.34. The molecule has 1 N–H and O–H groups in total. The molecule has 2 rings (SSSR count). The predicted octanol–water partition coefficient (Wildman–Crippen LogP) is 2.17. The maximum Gasteiger partial charge on any atom is 0.151 e. The molecule has 0 bridgehead atoms. The van der Waals surface area contributed by atoms with Gasteiger partial charge >= 0.3 is 0 Å². The minimum absolute atomic E-state index is 0.0915. The second kappa shape index (κ2) is 6.24. The zero-order valence-corrected chi connectivity index (χ0v) is 13.3. The Kier molecular flexibility index (Phi) is 4.83. The highest BCUT2D eigenvalue weighted by Gasteiger charge is 2.23. The van der Waals surface area contributed by atoms with Gasteiger partial charge in [-0.1, -0.05) is 5.16 Å². The Morgan fingerprint density at radius 1 is 1.30 bits per heavy atom. The Hall–Kier alpha value is -0.910. The summed E-state index contributed by atoms with van der Waals surface area (Å²) in [5, 5.41) is 7.54. The van der Waals surface area contributed by atoms with Crippen molar-refractivity contribution in [2.24, 2.45) is 0 Å². The van der Waals surface area contributed by atoms with Crippen molar-refractivity contribution in [3.8, 4) is 0 Å².